The van der Waals surface area contributed by atoms with Crippen molar-refractivity contribution in [3.05, 3.63) is 35.9 Å². The normalized spacial score (nSPS) is 9.89. The van der Waals surface area contributed by atoms with Crippen molar-refractivity contribution >= 4 is 11.9 Å². The zero-order valence-corrected chi connectivity index (χ0v) is 10.9. The highest BCUT2D eigenvalue weighted by Crippen LogP contribution is 2.02. The Balaban J connectivity index is 2.35. The molecule has 0 saturated heterocycles. The second-order valence-electron chi connectivity index (χ2n) is 4.03. The van der Waals surface area contributed by atoms with Crippen molar-refractivity contribution in [1.29, 1.82) is 0 Å². The summed E-state index contributed by atoms with van der Waals surface area (Å²) in [5, 5.41) is 0. The molecular formula is C14H19NO3. The molecule has 0 aliphatic heterocycles. The van der Waals surface area contributed by atoms with E-state index in [2.05, 4.69) is 0 Å². The van der Waals surface area contributed by atoms with Crippen molar-refractivity contribution in [2.24, 2.45) is 0 Å². The maximum Gasteiger partial charge on any atom is 0.307 e. The first-order chi connectivity index (χ1) is 8.63. The Morgan fingerprint density at radius 3 is 2.50 bits per heavy atom. The van der Waals surface area contributed by atoms with Crippen LogP contribution in [0.1, 0.15) is 18.9 Å². The molecule has 4 nitrogen and oxygen atoms in total. The molecular weight excluding hydrogens is 230 g/mol. The summed E-state index contributed by atoms with van der Waals surface area (Å²) < 4.78 is 4.81. The molecule has 0 radical (unpaired) electrons. The van der Waals surface area contributed by atoms with E-state index in [0.29, 0.717) is 19.6 Å². The Morgan fingerprint density at radius 2 is 1.89 bits per heavy atom. The summed E-state index contributed by atoms with van der Waals surface area (Å²) in [5.74, 6) is -0.262. The zero-order valence-electron chi connectivity index (χ0n) is 10.9. The summed E-state index contributed by atoms with van der Waals surface area (Å²) in [6.07, 6.45) is 0.602. The van der Waals surface area contributed by atoms with Gasteiger partial charge in [-0.3, -0.25) is 9.59 Å². The van der Waals surface area contributed by atoms with Gasteiger partial charge in [0.2, 0.25) is 5.91 Å². The summed E-state index contributed by atoms with van der Waals surface area (Å²) in [7, 11) is 1.70. The topological polar surface area (TPSA) is 46.6 Å². The van der Waals surface area contributed by atoms with Crippen molar-refractivity contribution in [1.82, 2.24) is 4.90 Å². The molecule has 0 aromatic heterocycles. The lowest BCUT2D eigenvalue weighted by atomic mass is 10.1. The molecule has 0 N–H and O–H groups in total. The largest absolute Gasteiger partial charge is 0.466 e. The number of hydrogen-bond acceptors (Lipinski definition) is 3. The minimum atomic E-state index is -0.267. The van der Waals surface area contributed by atoms with Crippen molar-refractivity contribution < 1.29 is 14.3 Å². The third-order valence-corrected chi connectivity index (χ3v) is 2.58. The fraction of sp³-hybridized carbons (Fsp3) is 0.429. The van der Waals surface area contributed by atoms with E-state index in [1.165, 1.54) is 0 Å². The monoisotopic (exact) mass is 249 g/mol. The van der Waals surface area contributed by atoms with Crippen molar-refractivity contribution in [2.45, 2.75) is 19.8 Å². The van der Waals surface area contributed by atoms with Crippen LogP contribution in [0.25, 0.3) is 0 Å². The molecule has 0 bridgehead atoms. The van der Waals surface area contributed by atoms with Gasteiger partial charge in [0.1, 0.15) is 0 Å². The van der Waals surface area contributed by atoms with Gasteiger partial charge in [-0.2, -0.15) is 0 Å². The molecule has 0 aliphatic carbocycles. The lowest BCUT2D eigenvalue weighted by Crippen LogP contribution is -2.30. The molecule has 4 heteroatoms. The molecule has 0 saturated carbocycles. The predicted octanol–water partition coefficient (Wildman–Crippen LogP) is 1.64. The number of likely N-dealkylation sites (N-methyl/N-ethyl adjacent to an activating group) is 1. The quantitative estimate of drug-likeness (QED) is 0.720. The average molecular weight is 249 g/mol. The van der Waals surface area contributed by atoms with Gasteiger partial charge in [-0.15, -0.1) is 0 Å². The van der Waals surface area contributed by atoms with Crippen molar-refractivity contribution in [2.75, 3.05) is 20.2 Å². The molecule has 1 aromatic rings. The van der Waals surface area contributed by atoms with E-state index in [1.807, 2.05) is 30.3 Å². The van der Waals surface area contributed by atoms with E-state index < -0.39 is 0 Å². The number of ether oxygens (including phenoxy) is 1. The zero-order chi connectivity index (χ0) is 13.4. The van der Waals surface area contributed by atoms with E-state index in [9.17, 15) is 9.59 Å². The predicted molar refractivity (Wildman–Crippen MR) is 69.0 cm³/mol. The van der Waals surface area contributed by atoms with Gasteiger partial charge in [0.05, 0.1) is 19.4 Å². The van der Waals surface area contributed by atoms with Gasteiger partial charge in [-0.25, -0.2) is 0 Å². The number of rotatable bonds is 6. The van der Waals surface area contributed by atoms with Gasteiger partial charge in [0.25, 0.3) is 0 Å². The van der Waals surface area contributed by atoms with Crippen LogP contribution < -0.4 is 0 Å². The molecule has 18 heavy (non-hydrogen) atoms. The molecule has 0 unspecified atom stereocenters. The summed E-state index contributed by atoms with van der Waals surface area (Å²) in [4.78, 5) is 24.6. The second-order valence-corrected chi connectivity index (χ2v) is 4.03. The fourth-order valence-corrected chi connectivity index (χ4v) is 1.52. The molecule has 1 aromatic carbocycles. The van der Waals surface area contributed by atoms with Crippen LogP contribution in [-0.2, 0) is 20.7 Å². The first kappa shape index (κ1) is 14.2. The molecule has 98 valence electrons. The van der Waals surface area contributed by atoms with Crippen LogP contribution in [-0.4, -0.2) is 37.0 Å². The van der Waals surface area contributed by atoms with Crippen molar-refractivity contribution in [3.63, 3.8) is 0 Å². The van der Waals surface area contributed by atoms with Crippen LogP contribution in [0, 0.1) is 0 Å². The van der Waals surface area contributed by atoms with Crippen LogP contribution in [0.2, 0.25) is 0 Å². The second kappa shape index (κ2) is 7.48. The molecule has 0 atom stereocenters. The number of hydrogen-bond donors (Lipinski definition) is 0. The minimum Gasteiger partial charge on any atom is -0.466 e. The Hall–Kier alpha value is -1.84. The van der Waals surface area contributed by atoms with Crippen LogP contribution >= 0.6 is 0 Å². The van der Waals surface area contributed by atoms with E-state index in [1.54, 1.807) is 18.9 Å². The van der Waals surface area contributed by atoms with Gasteiger partial charge in [0, 0.05) is 13.6 Å². The Labute approximate surface area is 108 Å². The van der Waals surface area contributed by atoms with E-state index in [0.717, 1.165) is 5.56 Å². The van der Waals surface area contributed by atoms with Gasteiger partial charge >= 0.3 is 5.97 Å². The highest BCUT2D eigenvalue weighted by molar-refractivity contribution is 5.79. The number of carbonyl (C=O) groups excluding carboxylic acids is 2. The molecule has 1 rings (SSSR count). The number of benzene rings is 1. The lowest BCUT2D eigenvalue weighted by Gasteiger charge is -2.16. The summed E-state index contributed by atoms with van der Waals surface area (Å²) >= 11 is 0. The summed E-state index contributed by atoms with van der Waals surface area (Å²) in [6.45, 7) is 2.53. The van der Waals surface area contributed by atoms with Crippen LogP contribution in [0.3, 0.4) is 0 Å². The first-order valence-corrected chi connectivity index (χ1v) is 6.07. The highest BCUT2D eigenvalue weighted by Gasteiger charge is 2.11. The maximum absolute atomic E-state index is 11.9. The molecule has 0 heterocycles. The Kier molecular flexibility index (Phi) is 5.91. The minimum absolute atomic E-state index is 0.00509. The van der Waals surface area contributed by atoms with Gasteiger partial charge in [0.15, 0.2) is 0 Å². The number of amides is 1. The van der Waals surface area contributed by atoms with Gasteiger partial charge in [-0.1, -0.05) is 30.3 Å². The molecule has 0 spiro atoms. The standard InChI is InChI=1S/C14H19NO3/c1-3-18-14(17)9-10-15(2)13(16)11-12-7-5-4-6-8-12/h4-8H,3,9-11H2,1-2H3. The summed E-state index contributed by atoms with van der Waals surface area (Å²) in [6, 6.07) is 9.55. The molecule has 0 fully saturated rings. The molecule has 1 amide bonds. The van der Waals surface area contributed by atoms with Crippen molar-refractivity contribution in [3.8, 4) is 0 Å². The average Bonchev–Trinajstić information content (AvgIpc) is 2.37. The first-order valence-electron chi connectivity index (χ1n) is 6.07. The van der Waals surface area contributed by atoms with E-state index in [4.69, 9.17) is 4.74 Å². The summed E-state index contributed by atoms with van der Waals surface area (Å²) in [5.41, 5.74) is 0.977. The number of nitrogens with zero attached hydrogens (tertiary/aromatic N) is 1. The third kappa shape index (κ3) is 4.99. The SMILES string of the molecule is CCOC(=O)CCN(C)C(=O)Cc1ccccc1. The van der Waals surface area contributed by atoms with Crippen LogP contribution in [0.4, 0.5) is 0 Å². The smallest absolute Gasteiger partial charge is 0.307 e. The Morgan fingerprint density at radius 1 is 1.22 bits per heavy atom. The number of esters is 1. The van der Waals surface area contributed by atoms with Crippen LogP contribution in [0.5, 0.6) is 0 Å². The lowest BCUT2D eigenvalue weighted by molar-refractivity contribution is -0.143. The molecule has 0 aliphatic rings. The third-order valence-electron chi connectivity index (χ3n) is 2.58. The fourth-order valence-electron chi connectivity index (χ4n) is 1.52. The maximum atomic E-state index is 11.9. The van der Waals surface area contributed by atoms with Gasteiger partial charge < -0.3 is 9.64 Å². The highest BCUT2D eigenvalue weighted by atomic mass is 16.5. The van der Waals surface area contributed by atoms with E-state index >= 15 is 0 Å². The Bertz CT molecular complexity index is 389. The van der Waals surface area contributed by atoms with E-state index in [-0.39, 0.29) is 18.3 Å². The van der Waals surface area contributed by atoms with Crippen LogP contribution in [0.15, 0.2) is 30.3 Å². The number of carbonyl (C=O) groups is 2. The van der Waals surface area contributed by atoms with Gasteiger partial charge in [-0.05, 0) is 12.5 Å².